The van der Waals surface area contributed by atoms with E-state index in [9.17, 15) is 4.79 Å². The van der Waals surface area contributed by atoms with Crippen LogP contribution in [0.5, 0.6) is 0 Å². The van der Waals surface area contributed by atoms with Gasteiger partial charge in [-0.3, -0.25) is 0 Å². The summed E-state index contributed by atoms with van der Waals surface area (Å²) < 4.78 is 0. The topological polar surface area (TPSA) is 74.7 Å². The van der Waals surface area contributed by atoms with Crippen LogP contribution in [0.25, 0.3) is 0 Å². The Balaban J connectivity index is 2.92. The Labute approximate surface area is 58.5 Å². The van der Waals surface area contributed by atoms with Crippen LogP contribution in [0.3, 0.4) is 0 Å². The Morgan fingerprint density at radius 2 is 2.20 bits per heavy atom. The van der Waals surface area contributed by atoms with E-state index >= 15 is 0 Å². The molecule has 1 aromatic heterocycles. The lowest BCUT2D eigenvalue weighted by molar-refractivity contribution is 0.920. The van der Waals surface area contributed by atoms with Crippen molar-refractivity contribution in [3.05, 3.63) is 21.9 Å². The third-order valence-corrected chi connectivity index (χ3v) is 1.41. The number of hydrogen-bond donors (Lipinski definition) is 3. The highest BCUT2D eigenvalue weighted by Crippen LogP contribution is 1.96. The summed E-state index contributed by atoms with van der Waals surface area (Å²) >= 11 is 0. The van der Waals surface area contributed by atoms with Crippen LogP contribution in [0.2, 0.25) is 0 Å². The highest BCUT2D eigenvalue weighted by Gasteiger charge is 1.98. The van der Waals surface area contributed by atoms with Crippen LogP contribution in [0.15, 0.2) is 4.79 Å². The number of H-pyrrole nitrogens is 2. The Kier molecular flexibility index (Phi) is 1.91. The van der Waals surface area contributed by atoms with Crippen molar-refractivity contribution in [3.8, 4) is 0 Å². The first kappa shape index (κ1) is 7.08. The van der Waals surface area contributed by atoms with Crippen LogP contribution in [0.1, 0.15) is 11.4 Å². The molecular formula is C6H11N3O. The molecule has 0 bridgehead atoms. The van der Waals surface area contributed by atoms with Gasteiger partial charge in [0.1, 0.15) is 0 Å². The molecule has 1 rings (SSSR count). The zero-order valence-corrected chi connectivity index (χ0v) is 5.90. The highest BCUT2D eigenvalue weighted by atomic mass is 16.1. The summed E-state index contributed by atoms with van der Waals surface area (Å²) in [7, 11) is 0. The second kappa shape index (κ2) is 2.70. The minimum absolute atomic E-state index is 0.152. The number of nitrogens with one attached hydrogen (secondary N) is 2. The van der Waals surface area contributed by atoms with Gasteiger partial charge in [0, 0.05) is 17.8 Å². The number of aromatic amines is 2. The van der Waals surface area contributed by atoms with Gasteiger partial charge >= 0.3 is 5.69 Å². The fourth-order valence-electron chi connectivity index (χ4n) is 0.902. The SMILES string of the molecule is Cc1[nH]c(=O)[nH]c1CCN. The molecule has 0 aromatic carbocycles. The average Bonchev–Trinajstić information content (AvgIpc) is 2.13. The van der Waals surface area contributed by atoms with Gasteiger partial charge in [0.05, 0.1) is 0 Å². The van der Waals surface area contributed by atoms with Crippen LogP contribution < -0.4 is 11.4 Å². The molecule has 0 aliphatic carbocycles. The quantitative estimate of drug-likeness (QED) is 0.520. The van der Waals surface area contributed by atoms with Gasteiger partial charge in [-0.1, -0.05) is 0 Å². The van der Waals surface area contributed by atoms with Crippen molar-refractivity contribution < 1.29 is 0 Å². The van der Waals surface area contributed by atoms with Gasteiger partial charge < -0.3 is 15.7 Å². The molecule has 0 spiro atoms. The lowest BCUT2D eigenvalue weighted by Crippen LogP contribution is -2.05. The summed E-state index contributed by atoms with van der Waals surface area (Å²) in [5.74, 6) is 0. The van der Waals surface area contributed by atoms with Gasteiger partial charge in [-0.15, -0.1) is 0 Å². The van der Waals surface area contributed by atoms with Crippen molar-refractivity contribution >= 4 is 0 Å². The fourth-order valence-corrected chi connectivity index (χ4v) is 0.902. The molecule has 0 amide bonds. The van der Waals surface area contributed by atoms with E-state index in [1.807, 2.05) is 6.92 Å². The maximum Gasteiger partial charge on any atom is 0.323 e. The third kappa shape index (κ3) is 1.27. The Morgan fingerprint density at radius 3 is 2.60 bits per heavy atom. The summed E-state index contributed by atoms with van der Waals surface area (Å²) in [5, 5.41) is 0. The number of hydrogen-bond acceptors (Lipinski definition) is 2. The van der Waals surface area contributed by atoms with Gasteiger partial charge in [-0.2, -0.15) is 0 Å². The molecule has 0 saturated heterocycles. The van der Waals surface area contributed by atoms with Crippen molar-refractivity contribution in [2.24, 2.45) is 5.73 Å². The number of aromatic nitrogens is 2. The molecular weight excluding hydrogens is 130 g/mol. The molecule has 4 heteroatoms. The summed E-state index contributed by atoms with van der Waals surface area (Å²) in [6.45, 7) is 2.41. The minimum atomic E-state index is -0.152. The zero-order valence-electron chi connectivity index (χ0n) is 5.90. The molecule has 0 aliphatic heterocycles. The van der Waals surface area contributed by atoms with Gasteiger partial charge in [-0.05, 0) is 13.5 Å². The van der Waals surface area contributed by atoms with Crippen LogP contribution in [0.4, 0.5) is 0 Å². The maximum absolute atomic E-state index is 10.6. The van der Waals surface area contributed by atoms with E-state index in [0.717, 1.165) is 17.8 Å². The molecule has 4 N–H and O–H groups in total. The second-order valence-electron chi connectivity index (χ2n) is 2.22. The Morgan fingerprint density at radius 1 is 1.50 bits per heavy atom. The van der Waals surface area contributed by atoms with Crippen molar-refractivity contribution in [1.29, 1.82) is 0 Å². The second-order valence-corrected chi connectivity index (χ2v) is 2.22. The van der Waals surface area contributed by atoms with Crippen LogP contribution >= 0.6 is 0 Å². The van der Waals surface area contributed by atoms with Gasteiger partial charge in [0.25, 0.3) is 0 Å². The van der Waals surface area contributed by atoms with E-state index in [1.165, 1.54) is 0 Å². The zero-order chi connectivity index (χ0) is 7.56. The largest absolute Gasteiger partial charge is 0.330 e. The summed E-state index contributed by atoms with van der Waals surface area (Å²) in [4.78, 5) is 15.9. The first-order valence-electron chi connectivity index (χ1n) is 3.22. The summed E-state index contributed by atoms with van der Waals surface area (Å²) in [6, 6.07) is 0. The number of aryl methyl sites for hydroxylation is 1. The van der Waals surface area contributed by atoms with E-state index in [2.05, 4.69) is 9.97 Å². The molecule has 10 heavy (non-hydrogen) atoms. The third-order valence-electron chi connectivity index (χ3n) is 1.41. The monoisotopic (exact) mass is 141 g/mol. The van der Waals surface area contributed by atoms with E-state index in [0.29, 0.717) is 6.54 Å². The Hall–Kier alpha value is -1.03. The van der Waals surface area contributed by atoms with E-state index in [4.69, 9.17) is 5.73 Å². The van der Waals surface area contributed by atoms with E-state index < -0.39 is 0 Å². The molecule has 0 atom stereocenters. The van der Waals surface area contributed by atoms with Crippen molar-refractivity contribution in [2.75, 3.05) is 6.54 Å². The number of rotatable bonds is 2. The molecule has 0 fully saturated rings. The smallest absolute Gasteiger partial charge is 0.323 e. The van der Waals surface area contributed by atoms with Crippen molar-refractivity contribution in [1.82, 2.24) is 9.97 Å². The molecule has 4 nitrogen and oxygen atoms in total. The minimum Gasteiger partial charge on any atom is -0.330 e. The standard InChI is InChI=1S/C6H11N3O/c1-4-5(2-3-7)9-6(10)8-4/h2-3,7H2,1H3,(H2,8,9,10). The van der Waals surface area contributed by atoms with Crippen LogP contribution in [-0.4, -0.2) is 16.5 Å². The van der Waals surface area contributed by atoms with Gasteiger partial charge in [-0.25, -0.2) is 4.79 Å². The van der Waals surface area contributed by atoms with Crippen LogP contribution in [-0.2, 0) is 6.42 Å². The lowest BCUT2D eigenvalue weighted by atomic mass is 10.3. The van der Waals surface area contributed by atoms with Gasteiger partial charge in [0.15, 0.2) is 0 Å². The molecule has 1 heterocycles. The fraction of sp³-hybridized carbons (Fsp3) is 0.500. The molecule has 0 saturated carbocycles. The first-order valence-corrected chi connectivity index (χ1v) is 3.22. The molecule has 56 valence electrons. The molecule has 0 aliphatic rings. The van der Waals surface area contributed by atoms with Crippen molar-refractivity contribution in [3.63, 3.8) is 0 Å². The van der Waals surface area contributed by atoms with Gasteiger partial charge in [0.2, 0.25) is 0 Å². The maximum atomic E-state index is 10.6. The number of nitrogens with two attached hydrogens (primary N) is 1. The summed E-state index contributed by atoms with van der Waals surface area (Å²) in [6.07, 6.45) is 0.727. The lowest BCUT2D eigenvalue weighted by Gasteiger charge is -1.92. The number of imidazole rings is 1. The highest BCUT2D eigenvalue weighted by molar-refractivity contribution is 5.08. The molecule has 1 aromatic rings. The van der Waals surface area contributed by atoms with Crippen molar-refractivity contribution in [2.45, 2.75) is 13.3 Å². The molecule has 0 radical (unpaired) electrons. The van der Waals surface area contributed by atoms with E-state index in [1.54, 1.807) is 0 Å². The normalized spacial score (nSPS) is 10.2. The predicted molar refractivity (Wildman–Crippen MR) is 38.9 cm³/mol. The molecule has 0 unspecified atom stereocenters. The average molecular weight is 141 g/mol. The predicted octanol–water partition coefficient (Wildman–Crippen LogP) is -0.487. The first-order chi connectivity index (χ1) is 4.74. The van der Waals surface area contributed by atoms with Crippen LogP contribution in [0, 0.1) is 6.92 Å². The Bertz CT molecular complexity index is 260. The summed E-state index contributed by atoms with van der Waals surface area (Å²) in [5.41, 5.74) is 6.95. The van der Waals surface area contributed by atoms with E-state index in [-0.39, 0.29) is 5.69 Å².